The third-order valence-corrected chi connectivity index (χ3v) is 6.49. The molecule has 156 valence electrons. The van der Waals surface area contributed by atoms with Crippen LogP contribution in [-0.2, 0) is 14.8 Å². The summed E-state index contributed by atoms with van der Waals surface area (Å²) in [7, 11) is -2.77. The molecule has 1 N–H and O–H groups in total. The summed E-state index contributed by atoms with van der Waals surface area (Å²) in [6, 6.07) is 17.8. The van der Waals surface area contributed by atoms with E-state index in [1.165, 1.54) is 49.6 Å². The van der Waals surface area contributed by atoms with Crippen LogP contribution in [0.5, 0.6) is 5.75 Å². The second kappa shape index (κ2) is 9.27. The van der Waals surface area contributed by atoms with E-state index in [1.54, 1.807) is 24.3 Å². The molecule has 0 fully saturated rings. The van der Waals surface area contributed by atoms with Crippen molar-refractivity contribution in [1.29, 1.82) is 0 Å². The molecule has 0 unspecified atom stereocenters. The quantitative estimate of drug-likeness (QED) is 0.529. The van der Waals surface area contributed by atoms with Crippen molar-refractivity contribution in [1.82, 2.24) is 0 Å². The van der Waals surface area contributed by atoms with E-state index in [4.69, 9.17) is 4.74 Å². The van der Waals surface area contributed by atoms with Crippen LogP contribution in [0.4, 0.5) is 15.8 Å². The molecule has 0 aliphatic rings. The summed E-state index contributed by atoms with van der Waals surface area (Å²) in [5.41, 5.74) is 0.262. The second-order valence-electron chi connectivity index (χ2n) is 6.19. The van der Waals surface area contributed by atoms with Crippen molar-refractivity contribution < 1.29 is 22.3 Å². The molecule has 0 saturated carbocycles. The third kappa shape index (κ3) is 4.98. The van der Waals surface area contributed by atoms with Crippen molar-refractivity contribution in [3.63, 3.8) is 0 Å². The van der Waals surface area contributed by atoms with E-state index < -0.39 is 28.3 Å². The second-order valence-corrected chi connectivity index (χ2v) is 8.97. The summed E-state index contributed by atoms with van der Waals surface area (Å²) in [5, 5.41) is 2.62. The first-order valence-electron chi connectivity index (χ1n) is 8.78. The zero-order valence-electron chi connectivity index (χ0n) is 15.9. The molecule has 3 aromatic rings. The van der Waals surface area contributed by atoms with Gasteiger partial charge < -0.3 is 10.1 Å². The van der Waals surface area contributed by atoms with Gasteiger partial charge in [0.15, 0.2) is 0 Å². The molecule has 0 saturated heterocycles. The van der Waals surface area contributed by atoms with Gasteiger partial charge in [-0.2, -0.15) is 0 Å². The van der Waals surface area contributed by atoms with Crippen LogP contribution >= 0.6 is 15.9 Å². The minimum Gasteiger partial charge on any atom is -0.497 e. The van der Waals surface area contributed by atoms with Gasteiger partial charge in [-0.1, -0.05) is 28.1 Å². The summed E-state index contributed by atoms with van der Waals surface area (Å²) < 4.78 is 47.6. The molecule has 0 heterocycles. The lowest BCUT2D eigenvalue weighted by molar-refractivity contribution is -0.114. The van der Waals surface area contributed by atoms with Crippen molar-refractivity contribution in [2.24, 2.45) is 0 Å². The number of carbonyl (C=O) groups is 1. The number of ether oxygens (including phenoxy) is 1. The van der Waals surface area contributed by atoms with Crippen LogP contribution in [-0.4, -0.2) is 28.0 Å². The highest BCUT2D eigenvalue weighted by Crippen LogP contribution is 2.27. The first kappa shape index (κ1) is 21.8. The Hall–Kier alpha value is -2.91. The number of nitrogens with one attached hydrogen (secondary N) is 1. The minimum absolute atomic E-state index is 0.0944. The monoisotopic (exact) mass is 492 g/mol. The number of anilines is 2. The number of para-hydroxylation sites is 1. The van der Waals surface area contributed by atoms with Gasteiger partial charge in [0.2, 0.25) is 5.91 Å². The predicted molar refractivity (Wildman–Crippen MR) is 117 cm³/mol. The van der Waals surface area contributed by atoms with Crippen LogP contribution in [0.25, 0.3) is 0 Å². The zero-order chi connectivity index (χ0) is 21.7. The fourth-order valence-corrected chi connectivity index (χ4v) is 4.39. The Morgan fingerprint density at radius 2 is 1.67 bits per heavy atom. The number of halogens is 2. The first-order chi connectivity index (χ1) is 14.3. The normalized spacial score (nSPS) is 11.0. The minimum atomic E-state index is -4.23. The van der Waals surface area contributed by atoms with Crippen LogP contribution in [0.3, 0.4) is 0 Å². The van der Waals surface area contributed by atoms with Gasteiger partial charge in [0, 0.05) is 10.2 Å². The zero-order valence-corrected chi connectivity index (χ0v) is 18.3. The van der Waals surface area contributed by atoms with Gasteiger partial charge in [-0.15, -0.1) is 0 Å². The van der Waals surface area contributed by atoms with E-state index in [0.717, 1.165) is 14.8 Å². The molecule has 0 bridgehead atoms. The van der Waals surface area contributed by atoms with Crippen LogP contribution in [0.15, 0.2) is 82.2 Å². The maximum absolute atomic E-state index is 14.5. The Morgan fingerprint density at radius 3 is 2.27 bits per heavy atom. The van der Waals surface area contributed by atoms with Crippen molar-refractivity contribution in [3.05, 3.63) is 83.1 Å². The van der Waals surface area contributed by atoms with Crippen molar-refractivity contribution in [2.45, 2.75) is 4.90 Å². The number of amides is 1. The van der Waals surface area contributed by atoms with E-state index in [-0.39, 0.29) is 10.6 Å². The summed E-state index contributed by atoms with van der Waals surface area (Å²) in [5.74, 6) is -0.900. The van der Waals surface area contributed by atoms with Crippen LogP contribution in [0.1, 0.15) is 0 Å². The highest BCUT2D eigenvalue weighted by atomic mass is 79.9. The number of methoxy groups -OCH3 is 1. The van der Waals surface area contributed by atoms with Gasteiger partial charge in [0.1, 0.15) is 18.1 Å². The fraction of sp³-hybridized carbons (Fsp3) is 0.0952. The molecule has 1 amide bonds. The van der Waals surface area contributed by atoms with Gasteiger partial charge in [0.05, 0.1) is 17.7 Å². The Morgan fingerprint density at radius 1 is 1.03 bits per heavy atom. The topological polar surface area (TPSA) is 75.7 Å². The van der Waals surface area contributed by atoms with E-state index in [9.17, 15) is 17.6 Å². The smallest absolute Gasteiger partial charge is 0.264 e. The van der Waals surface area contributed by atoms with Gasteiger partial charge in [-0.3, -0.25) is 9.10 Å². The van der Waals surface area contributed by atoms with E-state index in [0.29, 0.717) is 11.4 Å². The molecule has 6 nitrogen and oxygen atoms in total. The standard InChI is InChI=1S/C21H18BrFN2O4S/c1-29-17-10-12-18(13-11-17)30(27,28)25(20-5-3-2-4-19(20)23)14-21(26)24-16-8-6-15(22)7-9-16/h2-13H,14H2,1H3,(H,24,26). The molecular weight excluding hydrogens is 475 g/mol. The lowest BCUT2D eigenvalue weighted by atomic mass is 10.3. The number of sulfonamides is 1. The first-order valence-corrected chi connectivity index (χ1v) is 11.0. The van der Waals surface area contributed by atoms with Gasteiger partial charge in [-0.25, -0.2) is 12.8 Å². The lowest BCUT2D eigenvalue weighted by Gasteiger charge is -2.24. The highest BCUT2D eigenvalue weighted by Gasteiger charge is 2.29. The molecule has 3 rings (SSSR count). The Bertz CT molecular complexity index is 1140. The summed E-state index contributed by atoms with van der Waals surface area (Å²) in [6.45, 7) is -0.606. The third-order valence-electron chi connectivity index (χ3n) is 4.18. The van der Waals surface area contributed by atoms with Crippen LogP contribution in [0, 0.1) is 5.82 Å². The molecule has 0 spiro atoms. The Balaban J connectivity index is 1.95. The Labute approximate surface area is 182 Å². The molecule has 0 atom stereocenters. The van der Waals surface area contributed by atoms with Gasteiger partial charge in [0.25, 0.3) is 10.0 Å². The lowest BCUT2D eigenvalue weighted by Crippen LogP contribution is -2.38. The van der Waals surface area contributed by atoms with Crippen molar-refractivity contribution in [2.75, 3.05) is 23.3 Å². The predicted octanol–water partition coefficient (Wildman–Crippen LogP) is 4.43. The molecule has 0 aliphatic carbocycles. The molecule has 0 radical (unpaired) electrons. The van der Waals surface area contributed by atoms with E-state index in [1.807, 2.05) is 0 Å². The highest BCUT2D eigenvalue weighted by molar-refractivity contribution is 9.10. The number of carbonyl (C=O) groups excluding carboxylic acids is 1. The van der Waals surface area contributed by atoms with Crippen LogP contribution in [0.2, 0.25) is 0 Å². The number of nitrogens with zero attached hydrogens (tertiary/aromatic N) is 1. The fourth-order valence-electron chi connectivity index (χ4n) is 2.69. The molecule has 3 aromatic carbocycles. The van der Waals surface area contributed by atoms with Gasteiger partial charge in [-0.05, 0) is 60.7 Å². The van der Waals surface area contributed by atoms with Crippen molar-refractivity contribution in [3.8, 4) is 5.75 Å². The molecule has 0 aromatic heterocycles. The number of hydrogen-bond acceptors (Lipinski definition) is 4. The maximum Gasteiger partial charge on any atom is 0.264 e. The van der Waals surface area contributed by atoms with Crippen LogP contribution < -0.4 is 14.4 Å². The molecule has 9 heteroatoms. The average Bonchev–Trinajstić information content (AvgIpc) is 2.74. The molecule has 30 heavy (non-hydrogen) atoms. The van der Waals surface area contributed by atoms with E-state index >= 15 is 0 Å². The van der Waals surface area contributed by atoms with Crippen molar-refractivity contribution >= 4 is 43.2 Å². The average molecular weight is 493 g/mol. The number of hydrogen-bond donors (Lipinski definition) is 1. The largest absolute Gasteiger partial charge is 0.497 e. The van der Waals surface area contributed by atoms with E-state index in [2.05, 4.69) is 21.2 Å². The Kier molecular flexibility index (Phi) is 6.73. The summed E-state index contributed by atoms with van der Waals surface area (Å²) in [6.07, 6.45) is 0. The summed E-state index contributed by atoms with van der Waals surface area (Å²) >= 11 is 3.30. The summed E-state index contributed by atoms with van der Waals surface area (Å²) in [4.78, 5) is 12.5. The molecule has 0 aliphatic heterocycles. The SMILES string of the molecule is COc1ccc(S(=O)(=O)N(CC(=O)Nc2ccc(Br)cc2)c2ccccc2F)cc1. The molecular formula is C21H18BrFN2O4S. The number of benzene rings is 3. The number of rotatable bonds is 7. The van der Waals surface area contributed by atoms with Gasteiger partial charge >= 0.3 is 0 Å². The maximum atomic E-state index is 14.5.